The number of nitrogens with one attached hydrogen (secondary N) is 2. The van der Waals surface area contributed by atoms with Crippen LogP contribution < -0.4 is 5.32 Å². The van der Waals surface area contributed by atoms with Crippen molar-refractivity contribution in [1.29, 1.82) is 0 Å². The summed E-state index contributed by atoms with van der Waals surface area (Å²) in [5.74, 6) is -0.168. The molecule has 90 valence electrons. The van der Waals surface area contributed by atoms with E-state index >= 15 is 0 Å². The van der Waals surface area contributed by atoms with Crippen molar-refractivity contribution in [3.63, 3.8) is 0 Å². The van der Waals surface area contributed by atoms with Crippen molar-refractivity contribution in [1.82, 2.24) is 9.97 Å². The number of amides is 1. The van der Waals surface area contributed by atoms with Crippen molar-refractivity contribution in [2.45, 2.75) is 6.92 Å². The van der Waals surface area contributed by atoms with Crippen LogP contribution in [0.3, 0.4) is 0 Å². The Bertz CT molecular complexity index is 700. The average molecular weight is 257 g/mol. The number of hydrogen-bond donors (Lipinski definition) is 2. The molecule has 0 aliphatic rings. The molecule has 0 aliphatic carbocycles. The molecule has 1 aromatic carbocycles. The predicted molar refractivity (Wildman–Crippen MR) is 73.1 cm³/mol. The van der Waals surface area contributed by atoms with Gasteiger partial charge in [-0.3, -0.25) is 10.1 Å². The monoisotopic (exact) mass is 257 g/mol. The highest BCUT2D eigenvalue weighted by Gasteiger charge is 2.10. The van der Waals surface area contributed by atoms with Gasteiger partial charge in [0.25, 0.3) is 5.91 Å². The molecule has 0 radical (unpaired) electrons. The van der Waals surface area contributed by atoms with E-state index in [9.17, 15) is 4.79 Å². The molecule has 2 N–H and O–H groups in total. The van der Waals surface area contributed by atoms with E-state index in [4.69, 9.17) is 0 Å². The molecule has 0 spiro atoms. The fourth-order valence-corrected chi connectivity index (χ4v) is 2.35. The van der Waals surface area contributed by atoms with Crippen LogP contribution in [-0.2, 0) is 0 Å². The summed E-state index contributed by atoms with van der Waals surface area (Å²) >= 11 is 1.40. The Morgan fingerprint density at radius 2 is 2.28 bits per heavy atom. The lowest BCUT2D eigenvalue weighted by Gasteiger charge is -1.97. The van der Waals surface area contributed by atoms with Gasteiger partial charge in [0, 0.05) is 22.5 Å². The first-order valence-corrected chi connectivity index (χ1v) is 6.40. The van der Waals surface area contributed by atoms with Crippen molar-refractivity contribution in [2.75, 3.05) is 5.32 Å². The highest BCUT2D eigenvalue weighted by molar-refractivity contribution is 7.13. The number of aromatic nitrogens is 2. The number of anilines is 1. The Morgan fingerprint density at radius 1 is 1.39 bits per heavy atom. The SMILES string of the molecule is Cc1ccc2[nH]c(C(=O)Nc3nccs3)cc2c1. The van der Waals surface area contributed by atoms with Gasteiger partial charge in [-0.25, -0.2) is 4.98 Å². The first-order valence-electron chi connectivity index (χ1n) is 5.52. The van der Waals surface area contributed by atoms with Crippen LogP contribution in [-0.4, -0.2) is 15.9 Å². The van der Waals surface area contributed by atoms with E-state index in [-0.39, 0.29) is 5.91 Å². The molecule has 2 heterocycles. The third kappa shape index (κ3) is 2.00. The van der Waals surface area contributed by atoms with E-state index in [1.165, 1.54) is 16.9 Å². The van der Waals surface area contributed by atoms with Crippen molar-refractivity contribution in [3.8, 4) is 0 Å². The number of aromatic amines is 1. The summed E-state index contributed by atoms with van der Waals surface area (Å²) in [5, 5.41) is 6.22. The first-order chi connectivity index (χ1) is 8.72. The van der Waals surface area contributed by atoms with Crippen LogP contribution in [0.4, 0.5) is 5.13 Å². The molecule has 0 unspecified atom stereocenters. The smallest absolute Gasteiger partial charge is 0.273 e. The maximum Gasteiger partial charge on any atom is 0.273 e. The van der Waals surface area contributed by atoms with Gasteiger partial charge in [0.2, 0.25) is 0 Å². The zero-order valence-corrected chi connectivity index (χ0v) is 10.5. The zero-order valence-electron chi connectivity index (χ0n) is 9.73. The van der Waals surface area contributed by atoms with Gasteiger partial charge < -0.3 is 4.98 Å². The predicted octanol–water partition coefficient (Wildman–Crippen LogP) is 3.19. The number of thiazole rings is 1. The molecule has 18 heavy (non-hydrogen) atoms. The van der Waals surface area contributed by atoms with Gasteiger partial charge >= 0.3 is 0 Å². The van der Waals surface area contributed by atoms with Gasteiger partial charge in [-0.1, -0.05) is 11.6 Å². The van der Waals surface area contributed by atoms with Crippen molar-refractivity contribution < 1.29 is 4.79 Å². The summed E-state index contributed by atoms with van der Waals surface area (Å²) in [7, 11) is 0. The zero-order chi connectivity index (χ0) is 12.5. The summed E-state index contributed by atoms with van der Waals surface area (Å²) in [6.45, 7) is 2.03. The number of rotatable bonds is 2. The van der Waals surface area contributed by atoms with E-state index in [0.29, 0.717) is 10.8 Å². The molecule has 0 aliphatic heterocycles. The lowest BCUT2D eigenvalue weighted by atomic mass is 10.2. The molecule has 0 bridgehead atoms. The minimum absolute atomic E-state index is 0.168. The van der Waals surface area contributed by atoms with E-state index < -0.39 is 0 Å². The number of carbonyl (C=O) groups is 1. The lowest BCUT2D eigenvalue weighted by Crippen LogP contribution is -2.11. The number of hydrogen-bond acceptors (Lipinski definition) is 3. The van der Waals surface area contributed by atoms with Gasteiger partial charge in [0.05, 0.1) is 0 Å². The van der Waals surface area contributed by atoms with E-state index in [0.717, 1.165) is 10.9 Å². The van der Waals surface area contributed by atoms with Crippen molar-refractivity contribution in [3.05, 3.63) is 47.1 Å². The van der Waals surface area contributed by atoms with Crippen LogP contribution in [0.5, 0.6) is 0 Å². The second-order valence-corrected chi connectivity index (χ2v) is 4.96. The number of H-pyrrole nitrogens is 1. The summed E-state index contributed by atoms with van der Waals surface area (Å²) in [6, 6.07) is 7.89. The van der Waals surface area contributed by atoms with Crippen LogP contribution in [0.15, 0.2) is 35.8 Å². The van der Waals surface area contributed by atoms with Gasteiger partial charge in [0.15, 0.2) is 5.13 Å². The second-order valence-electron chi connectivity index (χ2n) is 4.07. The minimum atomic E-state index is -0.168. The van der Waals surface area contributed by atoms with Crippen molar-refractivity contribution >= 4 is 33.3 Å². The third-order valence-electron chi connectivity index (χ3n) is 2.67. The van der Waals surface area contributed by atoms with E-state index in [1.54, 1.807) is 6.20 Å². The fraction of sp³-hybridized carbons (Fsp3) is 0.0769. The quantitative estimate of drug-likeness (QED) is 0.740. The molecule has 4 nitrogen and oxygen atoms in total. The molecule has 0 saturated carbocycles. The first kappa shape index (κ1) is 11.0. The minimum Gasteiger partial charge on any atom is -0.351 e. The third-order valence-corrected chi connectivity index (χ3v) is 3.36. The summed E-state index contributed by atoms with van der Waals surface area (Å²) < 4.78 is 0. The molecule has 3 aromatic rings. The molecule has 2 aromatic heterocycles. The number of benzene rings is 1. The maximum atomic E-state index is 12.0. The van der Waals surface area contributed by atoms with Crippen LogP contribution in [0.1, 0.15) is 16.1 Å². The van der Waals surface area contributed by atoms with Gasteiger partial charge in [0.1, 0.15) is 5.69 Å². The summed E-state index contributed by atoms with van der Waals surface area (Å²) in [5.41, 5.74) is 2.68. The van der Waals surface area contributed by atoms with Crippen LogP contribution in [0.25, 0.3) is 10.9 Å². The normalized spacial score (nSPS) is 10.7. The molecule has 0 saturated heterocycles. The van der Waals surface area contributed by atoms with Crippen LogP contribution in [0, 0.1) is 6.92 Å². The lowest BCUT2D eigenvalue weighted by molar-refractivity contribution is 0.102. The fourth-order valence-electron chi connectivity index (χ4n) is 1.82. The number of aryl methyl sites for hydroxylation is 1. The Kier molecular flexibility index (Phi) is 2.60. The van der Waals surface area contributed by atoms with Gasteiger partial charge in [-0.05, 0) is 25.1 Å². The van der Waals surface area contributed by atoms with Crippen LogP contribution in [0.2, 0.25) is 0 Å². The van der Waals surface area contributed by atoms with Crippen molar-refractivity contribution in [2.24, 2.45) is 0 Å². The standard InChI is InChI=1S/C13H11N3OS/c1-8-2-3-10-9(6-8)7-11(15-10)12(17)16-13-14-4-5-18-13/h2-7,15H,1H3,(H,14,16,17). The molecule has 5 heteroatoms. The van der Waals surface area contributed by atoms with Gasteiger partial charge in [-0.2, -0.15) is 0 Å². The number of fused-ring (bicyclic) bond motifs is 1. The Morgan fingerprint density at radius 3 is 3.06 bits per heavy atom. The Balaban J connectivity index is 1.92. The molecule has 3 rings (SSSR count). The number of nitrogens with zero attached hydrogens (tertiary/aromatic N) is 1. The Labute approximate surface area is 108 Å². The molecular formula is C13H11N3OS. The van der Waals surface area contributed by atoms with Crippen LogP contribution >= 0.6 is 11.3 Å². The van der Waals surface area contributed by atoms with Gasteiger partial charge in [-0.15, -0.1) is 11.3 Å². The van der Waals surface area contributed by atoms with E-state index in [1.807, 2.05) is 36.6 Å². The largest absolute Gasteiger partial charge is 0.351 e. The summed E-state index contributed by atoms with van der Waals surface area (Å²) in [4.78, 5) is 19.1. The van der Waals surface area contributed by atoms with E-state index in [2.05, 4.69) is 15.3 Å². The molecule has 1 amide bonds. The molecule has 0 fully saturated rings. The second kappa shape index (κ2) is 4.27. The Hall–Kier alpha value is -2.14. The molecular weight excluding hydrogens is 246 g/mol. The highest BCUT2D eigenvalue weighted by Crippen LogP contribution is 2.18. The summed E-state index contributed by atoms with van der Waals surface area (Å²) in [6.07, 6.45) is 1.66. The highest BCUT2D eigenvalue weighted by atomic mass is 32.1. The number of carbonyl (C=O) groups excluding carboxylic acids is 1. The maximum absolute atomic E-state index is 12.0. The molecule has 0 atom stereocenters. The average Bonchev–Trinajstić information content (AvgIpc) is 2.96. The topological polar surface area (TPSA) is 57.8 Å².